The number of rotatable bonds is 8. The molecule has 5 heteroatoms. The molecule has 2 aromatic rings. The molecule has 1 aromatic heterocycles. The van der Waals surface area contributed by atoms with Crippen LogP contribution in [0.3, 0.4) is 0 Å². The van der Waals surface area contributed by atoms with Gasteiger partial charge in [0.25, 0.3) is 5.91 Å². The van der Waals surface area contributed by atoms with Crippen LogP contribution >= 0.6 is 0 Å². The first kappa shape index (κ1) is 18.2. The van der Waals surface area contributed by atoms with Crippen molar-refractivity contribution in [2.45, 2.75) is 45.7 Å². The van der Waals surface area contributed by atoms with Crippen molar-refractivity contribution in [1.29, 1.82) is 0 Å². The van der Waals surface area contributed by atoms with E-state index in [0.717, 1.165) is 19.4 Å². The molecule has 1 heterocycles. The highest BCUT2D eigenvalue weighted by molar-refractivity contribution is 5.92. The number of nitrogens with zero attached hydrogens (tertiary/aromatic N) is 2. The molecule has 0 aliphatic carbocycles. The highest BCUT2D eigenvalue weighted by Gasteiger charge is 2.21. The van der Waals surface area contributed by atoms with Crippen LogP contribution < -0.4 is 5.32 Å². The molecule has 0 saturated heterocycles. The molecule has 0 aliphatic rings. The zero-order chi connectivity index (χ0) is 17.6. The number of likely N-dealkylation sites (N-methyl/N-ethyl adjacent to an activating group) is 1. The van der Waals surface area contributed by atoms with Crippen LogP contribution in [0.25, 0.3) is 0 Å². The average Bonchev–Trinajstić information content (AvgIpc) is 3.02. The summed E-state index contributed by atoms with van der Waals surface area (Å²) in [5.74, 6) is 0.508. The van der Waals surface area contributed by atoms with Crippen LogP contribution in [0.1, 0.15) is 49.0 Å². The molecule has 0 aliphatic heterocycles. The predicted octanol–water partition coefficient (Wildman–Crippen LogP) is 3.27. The second-order valence-electron chi connectivity index (χ2n) is 6.84. The minimum absolute atomic E-state index is 0.191. The van der Waals surface area contributed by atoms with E-state index in [0.29, 0.717) is 18.0 Å². The van der Waals surface area contributed by atoms with Gasteiger partial charge in [0, 0.05) is 18.2 Å². The predicted molar refractivity (Wildman–Crippen MR) is 94.8 cm³/mol. The summed E-state index contributed by atoms with van der Waals surface area (Å²) in [4.78, 5) is 14.3. The van der Waals surface area contributed by atoms with Crippen LogP contribution in [0.15, 0.2) is 40.9 Å². The summed E-state index contributed by atoms with van der Waals surface area (Å²) in [6, 6.07) is 12.1. The van der Waals surface area contributed by atoms with Crippen LogP contribution in [-0.4, -0.2) is 35.1 Å². The van der Waals surface area contributed by atoms with Gasteiger partial charge in [0.15, 0.2) is 11.5 Å². The highest BCUT2D eigenvalue weighted by Crippen LogP contribution is 2.11. The summed E-state index contributed by atoms with van der Waals surface area (Å²) < 4.78 is 5.30. The maximum Gasteiger partial charge on any atom is 0.273 e. The Bertz CT molecular complexity index is 650. The number of aromatic nitrogens is 1. The molecule has 0 fully saturated rings. The number of amides is 1. The van der Waals surface area contributed by atoms with E-state index < -0.39 is 0 Å². The molecule has 0 unspecified atom stereocenters. The van der Waals surface area contributed by atoms with E-state index >= 15 is 0 Å². The number of nitrogens with one attached hydrogen (secondary N) is 1. The fraction of sp³-hybridized carbons (Fsp3) is 0.474. The molecule has 0 atom stereocenters. The number of carbonyl (C=O) groups excluding carboxylic acids is 1. The Kier molecular flexibility index (Phi) is 6.15. The Morgan fingerprint density at radius 1 is 1.29 bits per heavy atom. The fourth-order valence-corrected chi connectivity index (χ4v) is 2.26. The molecular formula is C19H27N3O2. The Morgan fingerprint density at radius 2 is 2.00 bits per heavy atom. The number of hydrogen-bond acceptors (Lipinski definition) is 4. The van der Waals surface area contributed by atoms with Gasteiger partial charge in [-0.25, -0.2) is 0 Å². The maximum absolute atomic E-state index is 12.2. The topological polar surface area (TPSA) is 58.4 Å². The van der Waals surface area contributed by atoms with E-state index in [-0.39, 0.29) is 11.4 Å². The van der Waals surface area contributed by atoms with Gasteiger partial charge in [0.05, 0.1) is 6.54 Å². The van der Waals surface area contributed by atoms with Gasteiger partial charge in [-0.1, -0.05) is 42.4 Å². The molecule has 5 nitrogen and oxygen atoms in total. The summed E-state index contributed by atoms with van der Waals surface area (Å²) in [7, 11) is 2.03. The van der Waals surface area contributed by atoms with Crippen molar-refractivity contribution in [2.75, 3.05) is 13.6 Å². The van der Waals surface area contributed by atoms with Gasteiger partial charge >= 0.3 is 0 Å². The molecule has 24 heavy (non-hydrogen) atoms. The Labute approximate surface area is 144 Å². The van der Waals surface area contributed by atoms with Crippen molar-refractivity contribution >= 4 is 5.91 Å². The largest absolute Gasteiger partial charge is 0.359 e. The molecular weight excluding hydrogens is 302 g/mol. The summed E-state index contributed by atoms with van der Waals surface area (Å²) >= 11 is 0. The van der Waals surface area contributed by atoms with Gasteiger partial charge in [-0.15, -0.1) is 0 Å². The molecule has 0 bridgehead atoms. The van der Waals surface area contributed by atoms with Gasteiger partial charge in [-0.2, -0.15) is 0 Å². The van der Waals surface area contributed by atoms with Crippen molar-refractivity contribution in [3.8, 4) is 0 Å². The lowest BCUT2D eigenvalue weighted by Crippen LogP contribution is -2.42. The normalized spacial score (nSPS) is 11.7. The van der Waals surface area contributed by atoms with E-state index in [4.69, 9.17) is 4.52 Å². The smallest absolute Gasteiger partial charge is 0.273 e. The van der Waals surface area contributed by atoms with E-state index in [1.807, 2.05) is 33.9 Å². The number of benzene rings is 1. The standard InChI is InChI=1S/C19H27N3O2/c1-5-19(2,3)20-18(23)17-13-16(24-21-17)14-22(4)12-11-15-9-7-6-8-10-15/h6-10,13H,5,11-12,14H2,1-4H3,(H,20,23). The first-order valence-corrected chi connectivity index (χ1v) is 8.40. The Balaban J connectivity index is 1.85. The molecule has 0 saturated carbocycles. The molecule has 1 amide bonds. The van der Waals surface area contributed by atoms with E-state index in [9.17, 15) is 4.79 Å². The number of carbonyl (C=O) groups is 1. The first-order valence-electron chi connectivity index (χ1n) is 8.40. The van der Waals surface area contributed by atoms with Crippen molar-refractivity contribution in [3.63, 3.8) is 0 Å². The molecule has 2 rings (SSSR count). The third-order valence-electron chi connectivity index (χ3n) is 4.18. The summed E-state index contributed by atoms with van der Waals surface area (Å²) in [6.07, 6.45) is 1.83. The molecule has 130 valence electrons. The lowest BCUT2D eigenvalue weighted by molar-refractivity contribution is 0.0902. The molecule has 1 N–H and O–H groups in total. The molecule has 1 aromatic carbocycles. The van der Waals surface area contributed by atoms with Crippen LogP contribution in [0.4, 0.5) is 0 Å². The number of hydrogen-bond donors (Lipinski definition) is 1. The third-order valence-corrected chi connectivity index (χ3v) is 4.18. The van der Waals surface area contributed by atoms with Gasteiger partial charge in [-0.05, 0) is 39.3 Å². The summed E-state index contributed by atoms with van der Waals surface area (Å²) in [6.45, 7) is 7.56. The van der Waals surface area contributed by atoms with Crippen molar-refractivity contribution in [2.24, 2.45) is 0 Å². The van der Waals surface area contributed by atoms with E-state index in [1.165, 1.54) is 5.56 Å². The zero-order valence-electron chi connectivity index (χ0n) is 15.0. The van der Waals surface area contributed by atoms with Gasteiger partial charge < -0.3 is 9.84 Å². The molecule has 0 radical (unpaired) electrons. The maximum atomic E-state index is 12.2. The van der Waals surface area contributed by atoms with Gasteiger partial charge in [0.2, 0.25) is 0 Å². The van der Waals surface area contributed by atoms with E-state index in [2.05, 4.69) is 39.6 Å². The average molecular weight is 329 g/mol. The zero-order valence-corrected chi connectivity index (χ0v) is 15.0. The van der Waals surface area contributed by atoms with Crippen molar-refractivity contribution in [1.82, 2.24) is 15.4 Å². The lowest BCUT2D eigenvalue weighted by atomic mass is 10.0. The van der Waals surface area contributed by atoms with E-state index in [1.54, 1.807) is 6.07 Å². The minimum atomic E-state index is -0.247. The highest BCUT2D eigenvalue weighted by atomic mass is 16.5. The van der Waals surface area contributed by atoms with Crippen LogP contribution in [0.2, 0.25) is 0 Å². The minimum Gasteiger partial charge on any atom is -0.359 e. The van der Waals surface area contributed by atoms with Crippen LogP contribution in [-0.2, 0) is 13.0 Å². The molecule has 0 spiro atoms. The Morgan fingerprint density at radius 3 is 2.67 bits per heavy atom. The second-order valence-corrected chi connectivity index (χ2v) is 6.84. The fourth-order valence-electron chi connectivity index (χ4n) is 2.26. The van der Waals surface area contributed by atoms with Crippen LogP contribution in [0.5, 0.6) is 0 Å². The monoisotopic (exact) mass is 329 g/mol. The first-order chi connectivity index (χ1) is 11.4. The van der Waals surface area contributed by atoms with Gasteiger partial charge in [-0.3, -0.25) is 9.69 Å². The van der Waals surface area contributed by atoms with Gasteiger partial charge in [0.1, 0.15) is 0 Å². The van der Waals surface area contributed by atoms with Crippen molar-refractivity contribution in [3.05, 3.63) is 53.4 Å². The Hall–Kier alpha value is -2.14. The lowest BCUT2D eigenvalue weighted by Gasteiger charge is -2.23. The summed E-state index contributed by atoms with van der Waals surface area (Å²) in [5, 5.41) is 6.85. The third kappa shape index (κ3) is 5.49. The summed E-state index contributed by atoms with van der Waals surface area (Å²) in [5.41, 5.74) is 1.40. The quantitative estimate of drug-likeness (QED) is 0.807. The van der Waals surface area contributed by atoms with Crippen molar-refractivity contribution < 1.29 is 9.32 Å². The SMILES string of the molecule is CCC(C)(C)NC(=O)c1cc(CN(C)CCc2ccccc2)on1. The second kappa shape index (κ2) is 8.11. The van der Waals surface area contributed by atoms with Crippen LogP contribution in [0, 0.1) is 0 Å².